The van der Waals surface area contributed by atoms with Gasteiger partial charge in [-0.15, -0.1) is 0 Å². The summed E-state index contributed by atoms with van der Waals surface area (Å²) < 4.78 is 0. The van der Waals surface area contributed by atoms with Crippen LogP contribution in [-0.4, -0.2) is 0 Å². The summed E-state index contributed by atoms with van der Waals surface area (Å²) in [5, 5.41) is 11.4. The van der Waals surface area contributed by atoms with Gasteiger partial charge in [-0.05, 0) is 96.4 Å². The van der Waals surface area contributed by atoms with E-state index in [0.29, 0.717) is 0 Å². The molecule has 0 amide bonds. The third-order valence-corrected chi connectivity index (χ3v) is 21.4. The third kappa shape index (κ3) is 10.5. The summed E-state index contributed by atoms with van der Waals surface area (Å²) in [6, 6.07) is 95.7. The van der Waals surface area contributed by atoms with Gasteiger partial charge in [0.25, 0.3) is 0 Å². The molecule has 9 rings (SSSR count). The van der Waals surface area contributed by atoms with Gasteiger partial charge in [-0.3, -0.25) is 0 Å². The first kappa shape index (κ1) is 42.0. The van der Waals surface area contributed by atoms with Crippen LogP contribution in [0.4, 0.5) is 0 Å². The maximum absolute atomic E-state index is 2.69. The Morgan fingerprint density at radius 2 is 0.306 bits per heavy atom. The fourth-order valence-electron chi connectivity index (χ4n) is 8.25. The summed E-state index contributed by atoms with van der Waals surface area (Å²) in [4.78, 5) is 0. The zero-order valence-corrected chi connectivity index (χ0v) is 38.4. The highest BCUT2D eigenvalue weighted by Crippen LogP contribution is 2.48. The second-order valence-corrected chi connectivity index (χ2v) is 24.2. The van der Waals surface area contributed by atoms with Crippen molar-refractivity contribution in [1.29, 1.82) is 0 Å². The minimum Gasteiger partial charge on any atom is -0.0622 e. The molecule has 9 aromatic carbocycles. The van der Waals surface area contributed by atoms with Gasteiger partial charge >= 0.3 is 0 Å². The second-order valence-electron chi connectivity index (χ2n) is 15.4. The molecule has 0 aliphatic heterocycles. The Balaban J connectivity index is 1.27. The number of rotatable bonds is 16. The molecule has 9 aromatic rings. The molecule has 0 nitrogen and oxygen atoms in total. The lowest BCUT2D eigenvalue weighted by Crippen LogP contribution is -2.18. The predicted octanol–water partition coefficient (Wildman–Crippen LogP) is 12.2. The quantitative estimate of drug-likeness (QED) is 0.0849. The third-order valence-electron chi connectivity index (χ3n) is 11.4. The Morgan fingerprint density at radius 1 is 0.177 bits per heavy atom. The molecule has 0 unspecified atom stereocenters. The first-order valence-electron chi connectivity index (χ1n) is 21.4. The molecule has 0 spiro atoms. The van der Waals surface area contributed by atoms with Crippen LogP contribution >= 0.6 is 31.7 Å². The summed E-state index contributed by atoms with van der Waals surface area (Å²) in [7, 11) is -2.72. The van der Waals surface area contributed by atoms with E-state index >= 15 is 0 Å². The fourth-order valence-corrected chi connectivity index (χ4v) is 17.7. The summed E-state index contributed by atoms with van der Waals surface area (Å²) >= 11 is 0. The first-order chi connectivity index (χ1) is 30.8. The monoisotopic (exact) mass is 870 g/mol. The van der Waals surface area contributed by atoms with Gasteiger partial charge in [0.15, 0.2) is 0 Å². The first-order valence-corrected chi connectivity index (χ1v) is 27.5. The molecule has 0 heterocycles. The molecule has 302 valence electrons. The molecule has 0 saturated carbocycles. The predicted molar refractivity (Wildman–Crippen MR) is 278 cm³/mol. The zero-order valence-electron chi connectivity index (χ0n) is 34.9. The van der Waals surface area contributed by atoms with Crippen molar-refractivity contribution in [2.45, 2.75) is 24.6 Å². The van der Waals surface area contributed by atoms with Crippen molar-refractivity contribution in [3.8, 4) is 0 Å². The van der Waals surface area contributed by atoms with Crippen molar-refractivity contribution in [3.63, 3.8) is 0 Å². The molecular formula is C58H50P4. The average Bonchev–Trinajstić information content (AvgIpc) is 3.36. The van der Waals surface area contributed by atoms with Crippen molar-refractivity contribution >= 4 is 74.1 Å². The van der Waals surface area contributed by atoms with Gasteiger partial charge in [0.1, 0.15) is 0 Å². The molecule has 0 fully saturated rings. The van der Waals surface area contributed by atoms with Gasteiger partial charge in [0, 0.05) is 24.6 Å². The molecule has 0 aliphatic rings. The van der Waals surface area contributed by atoms with E-state index in [2.05, 4.69) is 255 Å². The number of hydrogen-bond donors (Lipinski definition) is 0. The summed E-state index contributed by atoms with van der Waals surface area (Å²) in [6.07, 6.45) is 3.94. The number of benzene rings is 9. The van der Waals surface area contributed by atoms with Crippen LogP contribution in [0.1, 0.15) is 22.3 Å². The van der Waals surface area contributed by atoms with Gasteiger partial charge in [-0.2, -0.15) is 0 Å². The topological polar surface area (TPSA) is 0 Å². The van der Waals surface area contributed by atoms with E-state index in [1.165, 1.54) is 64.7 Å². The lowest BCUT2D eigenvalue weighted by Gasteiger charge is -2.28. The maximum Gasteiger partial charge on any atom is 0.00104 e. The van der Waals surface area contributed by atoms with E-state index in [1.54, 1.807) is 0 Å². The fraction of sp³-hybridized carbons (Fsp3) is 0.0690. The van der Waals surface area contributed by atoms with Crippen molar-refractivity contribution in [1.82, 2.24) is 0 Å². The molecule has 0 aliphatic carbocycles. The van der Waals surface area contributed by atoms with Gasteiger partial charge < -0.3 is 0 Å². The smallest absolute Gasteiger partial charge is 0.00104 e. The van der Waals surface area contributed by atoms with E-state index < -0.39 is 31.7 Å². The summed E-state index contributed by atoms with van der Waals surface area (Å²) in [5.74, 6) is 0. The van der Waals surface area contributed by atoms with Gasteiger partial charge in [-0.25, -0.2) is 0 Å². The minimum atomic E-state index is -0.679. The number of hydrogen-bond acceptors (Lipinski definition) is 0. The van der Waals surface area contributed by atoms with Crippen LogP contribution in [-0.2, 0) is 24.6 Å². The van der Waals surface area contributed by atoms with Crippen LogP contribution in [0, 0.1) is 0 Å². The molecule has 0 radical (unpaired) electrons. The minimum absolute atomic E-state index is 0.679. The molecule has 0 bridgehead atoms. The summed E-state index contributed by atoms with van der Waals surface area (Å²) in [6.45, 7) is 0. The molecule has 62 heavy (non-hydrogen) atoms. The van der Waals surface area contributed by atoms with Crippen LogP contribution in [0.2, 0.25) is 0 Å². The van der Waals surface area contributed by atoms with Crippen molar-refractivity contribution < 1.29 is 0 Å². The highest BCUT2D eigenvalue weighted by molar-refractivity contribution is 7.73. The molecule has 0 aromatic heterocycles. The van der Waals surface area contributed by atoms with Crippen LogP contribution < -0.4 is 42.4 Å². The second kappa shape index (κ2) is 21.2. The Bertz CT molecular complexity index is 2180. The van der Waals surface area contributed by atoms with Crippen LogP contribution in [0.5, 0.6) is 0 Å². The molecule has 0 N–H and O–H groups in total. The summed E-state index contributed by atoms with van der Waals surface area (Å²) in [5.41, 5.74) is 5.95. The SMILES string of the molecule is c1ccc(P(Cc2cc(CP(c3ccccc3)c3ccccc3)c(CP(c3ccccc3)c3ccccc3)cc2CP(c2ccccc2)c2ccccc2)c2ccccc2)cc1. The standard InChI is InChI=1S/C58H50P4/c1-9-25-51(26-10-1)59(52-27-11-2-12-28-52)43-47-41-49(45-61(55-33-17-5-18-34-55)56-35-19-6-20-36-56)50(46-62(57-37-21-7-22-38-57)58-39-23-8-24-40-58)42-48(47)44-60(53-29-13-3-14-30-53)54-31-15-4-16-32-54/h1-42H,43-46H2. The Hall–Kier alpha value is -5.30. The van der Waals surface area contributed by atoms with E-state index in [1.807, 2.05) is 0 Å². The Labute approximate surface area is 373 Å². The zero-order chi connectivity index (χ0) is 41.8. The van der Waals surface area contributed by atoms with E-state index in [0.717, 1.165) is 24.6 Å². The molecular weight excluding hydrogens is 821 g/mol. The normalized spacial score (nSPS) is 11.4. The molecule has 0 atom stereocenters. The van der Waals surface area contributed by atoms with Crippen molar-refractivity contribution in [2.75, 3.05) is 0 Å². The van der Waals surface area contributed by atoms with Crippen molar-refractivity contribution in [3.05, 3.63) is 277 Å². The van der Waals surface area contributed by atoms with E-state index in [-0.39, 0.29) is 0 Å². The largest absolute Gasteiger partial charge is 0.0622 e. The molecule has 4 heteroatoms. The van der Waals surface area contributed by atoms with Crippen molar-refractivity contribution in [2.24, 2.45) is 0 Å². The molecule has 0 saturated heterocycles. The highest BCUT2D eigenvalue weighted by atomic mass is 31.1. The van der Waals surface area contributed by atoms with Crippen LogP contribution in [0.3, 0.4) is 0 Å². The van der Waals surface area contributed by atoms with E-state index in [4.69, 9.17) is 0 Å². The Morgan fingerprint density at radius 3 is 0.435 bits per heavy atom. The highest BCUT2D eigenvalue weighted by Gasteiger charge is 2.25. The Kier molecular flexibility index (Phi) is 14.4. The maximum atomic E-state index is 2.69. The van der Waals surface area contributed by atoms with Gasteiger partial charge in [0.05, 0.1) is 0 Å². The van der Waals surface area contributed by atoms with Crippen LogP contribution in [0.25, 0.3) is 0 Å². The lowest BCUT2D eigenvalue weighted by atomic mass is 10.0. The van der Waals surface area contributed by atoms with Gasteiger partial charge in [-0.1, -0.05) is 255 Å². The lowest BCUT2D eigenvalue weighted by molar-refractivity contribution is 1.18. The van der Waals surface area contributed by atoms with Crippen LogP contribution in [0.15, 0.2) is 255 Å². The average molecular weight is 871 g/mol. The van der Waals surface area contributed by atoms with E-state index in [9.17, 15) is 0 Å². The van der Waals surface area contributed by atoms with Gasteiger partial charge in [0.2, 0.25) is 0 Å².